The van der Waals surface area contributed by atoms with Gasteiger partial charge in [-0.05, 0) is 28.1 Å². The van der Waals surface area contributed by atoms with Gasteiger partial charge >= 0.3 is 0 Å². The maximum atomic E-state index is 14.0. The third kappa shape index (κ3) is 3.37. The van der Waals surface area contributed by atoms with Gasteiger partial charge in [0.25, 0.3) is 15.5 Å². The molecule has 118 valence electrons. The smallest absolute Gasteiger partial charge is 0.235 e. The number of benzene rings is 1. The van der Waals surface area contributed by atoms with Crippen molar-refractivity contribution >= 4 is 47.3 Å². The molecule has 1 heterocycles. The van der Waals surface area contributed by atoms with Crippen molar-refractivity contribution in [1.82, 2.24) is 9.97 Å². The van der Waals surface area contributed by atoms with E-state index < -0.39 is 42.5 Å². The number of rotatable bonds is 3. The van der Waals surface area contributed by atoms with Gasteiger partial charge in [0, 0.05) is 20.7 Å². The van der Waals surface area contributed by atoms with E-state index >= 15 is 0 Å². The fraction of sp³-hybridized carbons (Fsp3) is 0.0909. The molecule has 0 unspecified atom stereocenters. The second-order valence-electron chi connectivity index (χ2n) is 3.92. The Morgan fingerprint density at radius 2 is 1.86 bits per heavy atom. The molecular formula is C11H4BrCl2F3N2O2S. The second kappa shape index (κ2) is 6.31. The zero-order chi connectivity index (χ0) is 16.7. The van der Waals surface area contributed by atoms with Crippen LogP contribution >= 0.6 is 38.2 Å². The molecule has 4 nitrogen and oxygen atoms in total. The second-order valence-corrected chi connectivity index (χ2v) is 7.69. The summed E-state index contributed by atoms with van der Waals surface area (Å²) in [5, 5.41) is -0.573. The highest BCUT2D eigenvalue weighted by molar-refractivity contribution is 9.10. The van der Waals surface area contributed by atoms with Crippen LogP contribution in [0, 0.1) is 5.82 Å². The Kier molecular flexibility index (Phi) is 5.00. The summed E-state index contributed by atoms with van der Waals surface area (Å²) in [5.41, 5.74) is -1.54. The van der Waals surface area contributed by atoms with E-state index in [1.807, 2.05) is 0 Å². The molecular weight excluding hydrogens is 432 g/mol. The van der Waals surface area contributed by atoms with Gasteiger partial charge in [0.1, 0.15) is 17.8 Å². The zero-order valence-electron chi connectivity index (χ0n) is 10.2. The van der Waals surface area contributed by atoms with Crippen molar-refractivity contribution in [2.75, 3.05) is 0 Å². The van der Waals surface area contributed by atoms with Crippen LogP contribution in [0.1, 0.15) is 12.1 Å². The number of hydrogen-bond acceptors (Lipinski definition) is 4. The molecule has 0 aliphatic rings. The van der Waals surface area contributed by atoms with Gasteiger partial charge in [0.15, 0.2) is 0 Å². The fourth-order valence-corrected chi connectivity index (χ4v) is 4.07. The van der Waals surface area contributed by atoms with Crippen LogP contribution in [0.15, 0.2) is 27.8 Å². The third-order valence-electron chi connectivity index (χ3n) is 2.56. The minimum atomic E-state index is -4.20. The van der Waals surface area contributed by atoms with Gasteiger partial charge in [-0.3, -0.25) is 0 Å². The van der Waals surface area contributed by atoms with Crippen molar-refractivity contribution in [1.29, 1.82) is 0 Å². The molecule has 2 aromatic rings. The first-order valence-electron chi connectivity index (χ1n) is 5.35. The van der Waals surface area contributed by atoms with E-state index in [4.69, 9.17) is 22.3 Å². The fourth-order valence-electron chi connectivity index (χ4n) is 1.62. The van der Waals surface area contributed by atoms with E-state index in [0.29, 0.717) is 0 Å². The highest BCUT2D eigenvalue weighted by Gasteiger charge is 2.23. The summed E-state index contributed by atoms with van der Waals surface area (Å²) in [5.74, 6) is -0.920. The van der Waals surface area contributed by atoms with Crippen molar-refractivity contribution in [2.24, 2.45) is 0 Å². The predicted octanol–water partition coefficient (Wildman–Crippen LogP) is 4.56. The lowest BCUT2D eigenvalue weighted by atomic mass is 10.1. The molecule has 0 saturated carbocycles. The van der Waals surface area contributed by atoms with Crippen molar-refractivity contribution in [2.45, 2.75) is 11.3 Å². The van der Waals surface area contributed by atoms with Crippen molar-refractivity contribution < 1.29 is 21.6 Å². The Morgan fingerprint density at radius 3 is 2.41 bits per heavy atom. The Bertz CT molecular complexity index is 849. The minimum Gasteiger partial charge on any atom is -0.235 e. The first-order valence-corrected chi connectivity index (χ1v) is 8.83. The van der Waals surface area contributed by atoms with Crippen LogP contribution in [-0.4, -0.2) is 18.4 Å². The number of alkyl halides is 2. The average Bonchev–Trinajstić information content (AvgIpc) is 2.38. The molecule has 11 heteroatoms. The molecule has 0 saturated heterocycles. The van der Waals surface area contributed by atoms with Crippen LogP contribution in [0.5, 0.6) is 0 Å². The standard InChI is InChI=1S/C11H4BrCl2F3N2O2S/c12-5-2-6(15)4(1-7(5)22(14,20)21)9-8(13)10(11(16)17)19-3-18-9/h1-3,11H. The van der Waals surface area contributed by atoms with Crippen LogP contribution < -0.4 is 0 Å². The van der Waals surface area contributed by atoms with E-state index in [1.165, 1.54) is 0 Å². The van der Waals surface area contributed by atoms with Crippen LogP contribution in [0.3, 0.4) is 0 Å². The van der Waals surface area contributed by atoms with Crippen LogP contribution in [0.25, 0.3) is 11.3 Å². The van der Waals surface area contributed by atoms with E-state index in [9.17, 15) is 21.6 Å². The summed E-state index contributed by atoms with van der Waals surface area (Å²) < 4.78 is 62.3. The molecule has 0 radical (unpaired) electrons. The summed E-state index contributed by atoms with van der Waals surface area (Å²) >= 11 is 8.61. The Balaban J connectivity index is 2.76. The lowest BCUT2D eigenvalue weighted by molar-refractivity contribution is 0.146. The zero-order valence-corrected chi connectivity index (χ0v) is 14.1. The largest absolute Gasteiger partial charge is 0.281 e. The van der Waals surface area contributed by atoms with Gasteiger partial charge < -0.3 is 0 Å². The Hall–Kier alpha value is -0.900. The summed E-state index contributed by atoms with van der Waals surface area (Å²) in [6.07, 6.45) is -2.22. The molecule has 0 spiro atoms. The normalized spacial score (nSPS) is 12.0. The topological polar surface area (TPSA) is 59.9 Å². The molecule has 0 aliphatic carbocycles. The van der Waals surface area contributed by atoms with Crippen LogP contribution in [-0.2, 0) is 9.05 Å². The summed E-state index contributed by atoms with van der Waals surface area (Å²) in [6.45, 7) is 0. The monoisotopic (exact) mass is 434 g/mol. The van der Waals surface area contributed by atoms with E-state index in [0.717, 1.165) is 18.5 Å². The molecule has 0 aliphatic heterocycles. The Morgan fingerprint density at radius 1 is 1.23 bits per heavy atom. The summed E-state index contributed by atoms with van der Waals surface area (Å²) in [7, 11) is 1.04. The van der Waals surface area contributed by atoms with Gasteiger partial charge in [-0.25, -0.2) is 31.6 Å². The van der Waals surface area contributed by atoms with E-state index in [1.54, 1.807) is 0 Å². The number of hydrogen-bond donors (Lipinski definition) is 0. The minimum absolute atomic E-state index is 0.122. The van der Waals surface area contributed by atoms with E-state index in [2.05, 4.69) is 25.9 Å². The van der Waals surface area contributed by atoms with Crippen molar-refractivity contribution in [3.63, 3.8) is 0 Å². The van der Waals surface area contributed by atoms with Gasteiger partial charge in [0.05, 0.1) is 15.6 Å². The third-order valence-corrected chi connectivity index (χ3v) is 5.22. The highest BCUT2D eigenvalue weighted by Crippen LogP contribution is 2.37. The molecule has 0 amide bonds. The first-order chi connectivity index (χ1) is 10.1. The Labute approximate surface area is 140 Å². The quantitative estimate of drug-likeness (QED) is 0.663. The molecule has 0 N–H and O–H groups in total. The van der Waals surface area contributed by atoms with Crippen LogP contribution in [0.4, 0.5) is 13.2 Å². The predicted molar refractivity (Wildman–Crippen MR) is 78.1 cm³/mol. The molecule has 1 aromatic heterocycles. The lowest BCUT2D eigenvalue weighted by Gasteiger charge is -2.10. The summed E-state index contributed by atoms with van der Waals surface area (Å²) in [4.78, 5) is 6.50. The maximum absolute atomic E-state index is 14.0. The average molecular weight is 436 g/mol. The lowest BCUT2D eigenvalue weighted by Crippen LogP contribution is -2.00. The van der Waals surface area contributed by atoms with Crippen molar-refractivity contribution in [3.8, 4) is 11.3 Å². The SMILES string of the molecule is O=S(=O)(Cl)c1cc(-c2ncnc(C(F)F)c2Cl)c(F)cc1Br. The summed E-state index contributed by atoms with van der Waals surface area (Å²) in [6, 6.07) is 1.68. The highest BCUT2D eigenvalue weighted by atomic mass is 79.9. The van der Waals surface area contributed by atoms with Gasteiger partial charge in [-0.2, -0.15) is 0 Å². The van der Waals surface area contributed by atoms with Gasteiger partial charge in [-0.15, -0.1) is 0 Å². The molecule has 1 aromatic carbocycles. The van der Waals surface area contributed by atoms with Gasteiger partial charge in [-0.1, -0.05) is 11.6 Å². The number of halogens is 6. The molecule has 0 bridgehead atoms. The molecule has 22 heavy (non-hydrogen) atoms. The first kappa shape index (κ1) is 17.5. The van der Waals surface area contributed by atoms with Gasteiger partial charge in [0.2, 0.25) is 0 Å². The maximum Gasteiger partial charge on any atom is 0.281 e. The molecule has 0 atom stereocenters. The molecule has 0 fully saturated rings. The molecule has 2 rings (SSSR count). The van der Waals surface area contributed by atoms with Crippen molar-refractivity contribution in [3.05, 3.63) is 39.5 Å². The van der Waals surface area contributed by atoms with E-state index in [-0.39, 0.29) is 10.2 Å². The van der Waals surface area contributed by atoms with Crippen LogP contribution in [0.2, 0.25) is 5.02 Å². The number of aromatic nitrogens is 2. The number of nitrogens with zero attached hydrogens (tertiary/aromatic N) is 2.